The Morgan fingerprint density at radius 2 is 2.09 bits per heavy atom. The van der Waals surface area contributed by atoms with Crippen molar-refractivity contribution in [3.05, 3.63) is 58.9 Å². The molecule has 0 bridgehead atoms. The Morgan fingerprint density at radius 3 is 2.79 bits per heavy atom. The summed E-state index contributed by atoms with van der Waals surface area (Å²) in [7, 11) is 5.25. The van der Waals surface area contributed by atoms with E-state index in [9.17, 15) is 9.90 Å². The molecule has 1 atom stereocenters. The van der Waals surface area contributed by atoms with Gasteiger partial charge in [-0.3, -0.25) is 14.9 Å². The fourth-order valence-electron chi connectivity index (χ4n) is 4.22. The number of rotatable bonds is 6. The summed E-state index contributed by atoms with van der Waals surface area (Å²) in [5.41, 5.74) is 3.48. The lowest BCUT2D eigenvalue weighted by molar-refractivity contribution is 0.0959. The van der Waals surface area contributed by atoms with Gasteiger partial charge >= 0.3 is 0 Å². The number of nitrogens with zero attached hydrogens (tertiary/aromatic N) is 3. The van der Waals surface area contributed by atoms with Gasteiger partial charge in [-0.15, -0.1) is 0 Å². The second kappa shape index (κ2) is 9.86. The number of aromatic nitrogens is 2. The Labute approximate surface area is 203 Å². The van der Waals surface area contributed by atoms with Crippen LogP contribution in [0.15, 0.2) is 47.4 Å². The molecule has 9 nitrogen and oxygen atoms in total. The monoisotopic (exact) mass is 479 g/mol. The van der Waals surface area contributed by atoms with Crippen LogP contribution in [0.2, 0.25) is 0 Å². The average molecular weight is 480 g/mol. The van der Waals surface area contributed by atoms with Gasteiger partial charge in [-0.1, -0.05) is 11.9 Å². The highest BCUT2D eigenvalue weighted by Crippen LogP contribution is 2.33. The van der Waals surface area contributed by atoms with Crippen molar-refractivity contribution in [2.75, 3.05) is 39.1 Å². The molecule has 5 N–H and O–H groups in total. The molecule has 1 unspecified atom stereocenters. The Kier molecular flexibility index (Phi) is 6.90. The molecule has 1 saturated heterocycles. The average Bonchev–Trinajstić information content (AvgIpc) is 3.32. The van der Waals surface area contributed by atoms with Gasteiger partial charge in [0, 0.05) is 60.9 Å². The van der Waals surface area contributed by atoms with Gasteiger partial charge < -0.3 is 20.6 Å². The number of anilines is 1. The van der Waals surface area contributed by atoms with E-state index < -0.39 is 0 Å². The molecule has 0 radical (unpaired) electrons. The topological polar surface area (TPSA) is 126 Å². The fraction of sp³-hybridized carbons (Fsp3) is 0.333. The predicted molar refractivity (Wildman–Crippen MR) is 138 cm³/mol. The molecule has 1 aliphatic heterocycles. The lowest BCUT2D eigenvalue weighted by Gasteiger charge is -2.20. The number of fused-ring (bicyclic) bond motifs is 1. The summed E-state index contributed by atoms with van der Waals surface area (Å²) in [6.07, 6.45) is 4.42. The van der Waals surface area contributed by atoms with Gasteiger partial charge in [-0.2, -0.15) is 0 Å². The molecule has 1 fully saturated rings. The smallest absolute Gasteiger partial charge is 0.270 e. The van der Waals surface area contributed by atoms with Gasteiger partial charge in [-0.25, -0.2) is 9.97 Å². The number of benzene rings is 1. The van der Waals surface area contributed by atoms with Crippen LogP contribution in [0.5, 0.6) is 0 Å². The highest BCUT2D eigenvalue weighted by molar-refractivity contribution is 7.98. The maximum atomic E-state index is 12.8. The van der Waals surface area contributed by atoms with E-state index >= 15 is 0 Å². The molecule has 1 aromatic heterocycles. The zero-order valence-electron chi connectivity index (χ0n) is 19.7. The third kappa shape index (κ3) is 4.38. The summed E-state index contributed by atoms with van der Waals surface area (Å²) in [5, 5.41) is 25.8. The molecule has 4 rings (SSSR count). The Hall–Kier alpha value is -3.37. The third-order valence-electron chi connectivity index (χ3n) is 6.03. The summed E-state index contributed by atoms with van der Waals surface area (Å²) in [6.45, 7) is 3.54. The van der Waals surface area contributed by atoms with Crippen LogP contribution < -0.4 is 20.3 Å². The van der Waals surface area contributed by atoms with Gasteiger partial charge in [-0.05, 0) is 44.7 Å². The number of hydrogen-bond acceptors (Lipinski definition) is 9. The summed E-state index contributed by atoms with van der Waals surface area (Å²) in [5.74, 6) is -0.162. The molecule has 178 valence electrons. The van der Waals surface area contributed by atoms with E-state index in [-0.39, 0.29) is 28.9 Å². The second-order valence-electron chi connectivity index (χ2n) is 8.15. The first-order valence-electron chi connectivity index (χ1n) is 11.1. The SMILES string of the molecule is CN/C=C1/C=C(c2nc(C(=O)NC)c3cc(N4CCC(SNC)C4)ccc3n2)C(O)=C(C)C1=N. The Morgan fingerprint density at radius 1 is 1.29 bits per heavy atom. The molecule has 10 heteroatoms. The van der Waals surface area contributed by atoms with E-state index in [1.807, 2.05) is 25.2 Å². The van der Waals surface area contributed by atoms with Crippen molar-refractivity contribution in [1.82, 2.24) is 25.3 Å². The molecule has 34 heavy (non-hydrogen) atoms. The summed E-state index contributed by atoms with van der Waals surface area (Å²) in [4.78, 5) is 24.4. The molecule has 1 amide bonds. The van der Waals surface area contributed by atoms with Crippen molar-refractivity contribution < 1.29 is 9.90 Å². The van der Waals surface area contributed by atoms with Crippen molar-refractivity contribution in [1.29, 1.82) is 5.41 Å². The normalized spacial score (nSPS) is 19.7. The number of carbonyl (C=O) groups is 1. The Bertz CT molecular complexity index is 1250. The second-order valence-corrected chi connectivity index (χ2v) is 9.46. The maximum Gasteiger partial charge on any atom is 0.270 e. The number of aliphatic hydroxyl groups excluding tert-OH is 1. The zero-order chi connectivity index (χ0) is 24.4. The summed E-state index contributed by atoms with van der Waals surface area (Å²) < 4.78 is 3.17. The summed E-state index contributed by atoms with van der Waals surface area (Å²) in [6, 6.07) is 5.87. The van der Waals surface area contributed by atoms with E-state index in [2.05, 4.69) is 30.2 Å². The van der Waals surface area contributed by atoms with Gasteiger partial charge in [0.05, 0.1) is 16.8 Å². The predicted octanol–water partition coefficient (Wildman–Crippen LogP) is 2.79. The summed E-state index contributed by atoms with van der Waals surface area (Å²) >= 11 is 1.74. The first-order chi connectivity index (χ1) is 16.4. The van der Waals surface area contributed by atoms with Crippen LogP contribution >= 0.6 is 11.9 Å². The van der Waals surface area contributed by atoms with Gasteiger partial charge in [0.25, 0.3) is 5.91 Å². The van der Waals surface area contributed by atoms with E-state index in [0.29, 0.717) is 32.9 Å². The quantitative estimate of drug-likeness (QED) is 0.401. The van der Waals surface area contributed by atoms with Crippen LogP contribution in [0, 0.1) is 5.41 Å². The van der Waals surface area contributed by atoms with Crippen molar-refractivity contribution in [2.45, 2.75) is 18.6 Å². The molecule has 0 saturated carbocycles. The number of hydrogen-bond donors (Lipinski definition) is 5. The van der Waals surface area contributed by atoms with Crippen LogP contribution in [0.1, 0.15) is 29.7 Å². The number of amides is 1. The third-order valence-corrected chi connectivity index (χ3v) is 6.98. The highest BCUT2D eigenvalue weighted by Gasteiger charge is 2.26. The molecule has 2 aromatic rings. The van der Waals surface area contributed by atoms with Crippen LogP contribution in [-0.2, 0) is 0 Å². The van der Waals surface area contributed by atoms with Gasteiger partial charge in [0.2, 0.25) is 0 Å². The van der Waals surface area contributed by atoms with Crippen molar-refractivity contribution >= 4 is 45.7 Å². The van der Waals surface area contributed by atoms with Gasteiger partial charge in [0.1, 0.15) is 11.5 Å². The molecular weight excluding hydrogens is 450 g/mol. The first kappa shape index (κ1) is 23.8. The van der Waals surface area contributed by atoms with Crippen LogP contribution in [0.4, 0.5) is 5.69 Å². The zero-order valence-corrected chi connectivity index (χ0v) is 20.5. The van der Waals surface area contributed by atoms with Crippen LogP contribution in [0.25, 0.3) is 16.5 Å². The minimum absolute atomic E-state index is 0.0674. The molecule has 2 heterocycles. The number of aliphatic hydroxyl groups is 1. The van der Waals surface area contributed by atoms with E-state index in [1.165, 1.54) is 0 Å². The van der Waals surface area contributed by atoms with Gasteiger partial charge in [0.15, 0.2) is 5.82 Å². The minimum Gasteiger partial charge on any atom is -0.507 e. The van der Waals surface area contributed by atoms with E-state index in [0.717, 1.165) is 25.2 Å². The fourth-order valence-corrected chi connectivity index (χ4v) is 5.03. The lowest BCUT2D eigenvalue weighted by Crippen LogP contribution is -2.23. The highest BCUT2D eigenvalue weighted by atomic mass is 32.2. The van der Waals surface area contributed by atoms with Crippen molar-refractivity contribution in [2.24, 2.45) is 0 Å². The molecule has 1 aliphatic carbocycles. The Balaban J connectivity index is 1.82. The van der Waals surface area contributed by atoms with Crippen molar-refractivity contribution in [3.63, 3.8) is 0 Å². The van der Waals surface area contributed by atoms with E-state index in [1.54, 1.807) is 45.2 Å². The largest absolute Gasteiger partial charge is 0.507 e. The number of carbonyl (C=O) groups excluding carboxylic acids is 1. The number of nitrogens with one attached hydrogen (secondary N) is 4. The van der Waals surface area contributed by atoms with Crippen LogP contribution in [0.3, 0.4) is 0 Å². The van der Waals surface area contributed by atoms with Crippen molar-refractivity contribution in [3.8, 4) is 0 Å². The standard InChI is InChI=1S/C24H29N7O2S/c1-13-20(25)14(11-26-2)9-18(22(13)32)23-29-19-6-5-15(31-8-7-16(12-31)34-28-4)10-17(19)21(30-23)24(33)27-3/h5-6,9-11,16,25-26,28,32H,7-8,12H2,1-4H3,(H,27,33)/b14-11-,25-20?. The van der Waals surface area contributed by atoms with Crippen LogP contribution in [-0.4, -0.2) is 66.2 Å². The molecule has 2 aliphatic rings. The molecule has 0 spiro atoms. The lowest BCUT2D eigenvalue weighted by atomic mass is 9.92. The first-order valence-corrected chi connectivity index (χ1v) is 12.0. The molecule has 1 aromatic carbocycles. The maximum absolute atomic E-state index is 12.8. The molecular formula is C24H29N7O2S. The number of allylic oxidation sites excluding steroid dienone is 4. The minimum atomic E-state index is -0.328. The van der Waals surface area contributed by atoms with E-state index in [4.69, 9.17) is 5.41 Å².